The van der Waals surface area contributed by atoms with Gasteiger partial charge in [0, 0.05) is 5.92 Å². The minimum atomic E-state index is 0.266. The highest BCUT2D eigenvalue weighted by Gasteiger charge is 2.20. The number of rotatable bonds is 5. The molecule has 0 bridgehead atoms. The zero-order valence-corrected chi connectivity index (χ0v) is 8.72. The minimum absolute atomic E-state index is 0.266. The molecule has 1 rings (SSSR count). The van der Waals surface area contributed by atoms with E-state index >= 15 is 0 Å². The van der Waals surface area contributed by atoms with Crippen LogP contribution >= 0.6 is 0 Å². The number of hydrogen-bond donors (Lipinski definition) is 0. The summed E-state index contributed by atoms with van der Waals surface area (Å²) in [6, 6.07) is 0. The van der Waals surface area contributed by atoms with Crippen molar-refractivity contribution in [3.63, 3.8) is 0 Å². The molecule has 1 heteroatoms. The Kier molecular flexibility index (Phi) is 5.10. The SMILES string of the molecule is CCCCCC1CCC([C]=O)CC1. The molecular weight excluding hydrogens is 160 g/mol. The van der Waals surface area contributed by atoms with Crippen LogP contribution in [-0.4, -0.2) is 6.29 Å². The molecule has 75 valence electrons. The van der Waals surface area contributed by atoms with E-state index in [0.717, 1.165) is 18.8 Å². The highest BCUT2D eigenvalue weighted by Crippen LogP contribution is 2.30. The third-order valence-electron chi connectivity index (χ3n) is 3.23. The molecule has 0 heterocycles. The van der Waals surface area contributed by atoms with Crippen LogP contribution in [0.15, 0.2) is 0 Å². The zero-order valence-electron chi connectivity index (χ0n) is 8.72. The Bertz CT molecular complexity index is 134. The van der Waals surface area contributed by atoms with E-state index in [0.29, 0.717) is 0 Å². The van der Waals surface area contributed by atoms with Crippen molar-refractivity contribution < 1.29 is 4.79 Å². The van der Waals surface area contributed by atoms with Gasteiger partial charge in [0.1, 0.15) is 0 Å². The second kappa shape index (κ2) is 6.17. The van der Waals surface area contributed by atoms with E-state index in [1.54, 1.807) is 0 Å². The van der Waals surface area contributed by atoms with Crippen molar-refractivity contribution in [1.82, 2.24) is 0 Å². The molecule has 0 aliphatic heterocycles. The van der Waals surface area contributed by atoms with Gasteiger partial charge >= 0.3 is 0 Å². The van der Waals surface area contributed by atoms with Gasteiger partial charge in [0.05, 0.1) is 0 Å². The van der Waals surface area contributed by atoms with Gasteiger partial charge in [-0.3, -0.25) is 4.79 Å². The minimum Gasteiger partial charge on any atom is -0.291 e. The third-order valence-corrected chi connectivity index (χ3v) is 3.23. The van der Waals surface area contributed by atoms with Crippen LogP contribution in [0.1, 0.15) is 58.3 Å². The van der Waals surface area contributed by atoms with Crippen molar-refractivity contribution in [2.45, 2.75) is 58.3 Å². The van der Waals surface area contributed by atoms with Crippen LogP contribution in [0.4, 0.5) is 0 Å². The molecule has 1 aliphatic carbocycles. The molecular formula is C12H21O. The Morgan fingerprint density at radius 3 is 2.38 bits per heavy atom. The molecule has 0 aromatic heterocycles. The van der Waals surface area contributed by atoms with Crippen LogP contribution in [0.5, 0.6) is 0 Å². The molecule has 0 atom stereocenters. The largest absolute Gasteiger partial charge is 0.291 e. The fraction of sp³-hybridized carbons (Fsp3) is 0.917. The second-order valence-corrected chi connectivity index (χ2v) is 4.33. The summed E-state index contributed by atoms with van der Waals surface area (Å²) >= 11 is 0. The fourth-order valence-corrected chi connectivity index (χ4v) is 2.25. The molecule has 1 radical (unpaired) electrons. The van der Waals surface area contributed by atoms with Crippen molar-refractivity contribution >= 4 is 6.29 Å². The van der Waals surface area contributed by atoms with Gasteiger partial charge in [0.2, 0.25) is 6.29 Å². The molecule has 1 aliphatic rings. The first kappa shape index (κ1) is 10.7. The predicted octanol–water partition coefficient (Wildman–Crippen LogP) is 3.48. The maximum absolute atomic E-state index is 10.4. The van der Waals surface area contributed by atoms with Gasteiger partial charge in [-0.25, -0.2) is 0 Å². The molecule has 0 aromatic rings. The maximum Gasteiger partial charge on any atom is 0.201 e. The third kappa shape index (κ3) is 3.93. The lowest BCUT2D eigenvalue weighted by Crippen LogP contribution is -2.15. The molecule has 1 saturated carbocycles. The lowest BCUT2D eigenvalue weighted by Gasteiger charge is -2.24. The van der Waals surface area contributed by atoms with Crippen molar-refractivity contribution in [2.24, 2.45) is 11.8 Å². The van der Waals surface area contributed by atoms with Crippen LogP contribution in [0.25, 0.3) is 0 Å². The van der Waals surface area contributed by atoms with Gasteiger partial charge in [-0.15, -0.1) is 0 Å². The average molecular weight is 181 g/mol. The van der Waals surface area contributed by atoms with E-state index in [4.69, 9.17) is 0 Å². The first-order chi connectivity index (χ1) is 6.36. The molecule has 0 unspecified atom stereocenters. The first-order valence-corrected chi connectivity index (χ1v) is 5.74. The van der Waals surface area contributed by atoms with Crippen LogP contribution in [0.3, 0.4) is 0 Å². The topological polar surface area (TPSA) is 17.1 Å². The molecule has 0 N–H and O–H groups in total. The summed E-state index contributed by atoms with van der Waals surface area (Å²) in [5, 5.41) is 0. The Morgan fingerprint density at radius 1 is 1.15 bits per heavy atom. The number of unbranched alkanes of at least 4 members (excludes halogenated alkanes) is 2. The summed E-state index contributed by atoms with van der Waals surface area (Å²) in [4.78, 5) is 10.4. The number of hydrogen-bond acceptors (Lipinski definition) is 1. The van der Waals surface area contributed by atoms with Crippen LogP contribution in [0.2, 0.25) is 0 Å². The Morgan fingerprint density at radius 2 is 1.85 bits per heavy atom. The van der Waals surface area contributed by atoms with E-state index in [2.05, 4.69) is 13.2 Å². The normalized spacial score (nSPS) is 28.7. The van der Waals surface area contributed by atoms with Crippen molar-refractivity contribution in [2.75, 3.05) is 0 Å². The molecule has 0 saturated heterocycles. The molecule has 0 spiro atoms. The Hall–Kier alpha value is -0.330. The summed E-state index contributed by atoms with van der Waals surface area (Å²) in [6.45, 7) is 2.25. The van der Waals surface area contributed by atoms with E-state index in [9.17, 15) is 4.79 Å². The van der Waals surface area contributed by atoms with E-state index in [1.807, 2.05) is 0 Å². The lowest BCUT2D eigenvalue weighted by atomic mass is 9.80. The van der Waals surface area contributed by atoms with E-state index < -0.39 is 0 Å². The first-order valence-electron chi connectivity index (χ1n) is 5.74. The van der Waals surface area contributed by atoms with Gasteiger partial charge in [-0.05, 0) is 31.6 Å². The molecule has 0 amide bonds. The van der Waals surface area contributed by atoms with E-state index in [1.165, 1.54) is 38.5 Å². The van der Waals surface area contributed by atoms with Gasteiger partial charge < -0.3 is 0 Å². The van der Waals surface area contributed by atoms with Crippen molar-refractivity contribution in [1.29, 1.82) is 0 Å². The average Bonchev–Trinajstić information content (AvgIpc) is 2.19. The summed E-state index contributed by atoms with van der Waals surface area (Å²) in [5.41, 5.74) is 0. The monoisotopic (exact) mass is 181 g/mol. The smallest absolute Gasteiger partial charge is 0.201 e. The quantitative estimate of drug-likeness (QED) is 0.593. The molecule has 1 nitrogen and oxygen atoms in total. The fourth-order valence-electron chi connectivity index (χ4n) is 2.25. The highest BCUT2D eigenvalue weighted by atomic mass is 16.1. The van der Waals surface area contributed by atoms with Crippen LogP contribution in [0, 0.1) is 11.8 Å². The molecule has 1 fully saturated rings. The lowest BCUT2D eigenvalue weighted by molar-refractivity contribution is 0.294. The summed E-state index contributed by atoms with van der Waals surface area (Å²) in [6.07, 6.45) is 12.3. The van der Waals surface area contributed by atoms with Gasteiger partial charge in [0.15, 0.2) is 0 Å². The number of carbonyl (C=O) groups excluding carboxylic acids is 1. The maximum atomic E-state index is 10.4. The van der Waals surface area contributed by atoms with Gasteiger partial charge in [-0.1, -0.05) is 32.6 Å². The zero-order chi connectivity index (χ0) is 9.52. The molecule has 13 heavy (non-hydrogen) atoms. The summed E-state index contributed by atoms with van der Waals surface area (Å²) < 4.78 is 0. The van der Waals surface area contributed by atoms with Crippen LogP contribution < -0.4 is 0 Å². The predicted molar refractivity (Wildman–Crippen MR) is 55.3 cm³/mol. The van der Waals surface area contributed by atoms with Gasteiger partial charge in [-0.2, -0.15) is 0 Å². The summed E-state index contributed by atoms with van der Waals surface area (Å²) in [7, 11) is 0. The van der Waals surface area contributed by atoms with Crippen molar-refractivity contribution in [3.05, 3.63) is 0 Å². The van der Waals surface area contributed by atoms with Gasteiger partial charge in [0.25, 0.3) is 0 Å². The standard InChI is InChI=1S/C12H21O/c1-2-3-4-5-11-6-8-12(10-13)9-7-11/h11-12H,2-9H2,1H3. The Balaban J connectivity index is 2.07. The van der Waals surface area contributed by atoms with Crippen molar-refractivity contribution in [3.8, 4) is 0 Å². The molecule has 0 aromatic carbocycles. The highest BCUT2D eigenvalue weighted by molar-refractivity contribution is 5.54. The van der Waals surface area contributed by atoms with E-state index in [-0.39, 0.29) is 5.92 Å². The summed E-state index contributed by atoms with van der Waals surface area (Å²) in [5.74, 6) is 1.18. The second-order valence-electron chi connectivity index (χ2n) is 4.33. The Labute approximate surface area is 81.9 Å². The van der Waals surface area contributed by atoms with Crippen LogP contribution in [-0.2, 0) is 4.79 Å².